The highest BCUT2D eigenvalue weighted by molar-refractivity contribution is 5.70. The number of esters is 1. The van der Waals surface area contributed by atoms with E-state index in [4.69, 9.17) is 4.74 Å². The largest absolute Gasteiger partial charge is 0.467 e. The Kier molecular flexibility index (Phi) is 4.16. The summed E-state index contributed by atoms with van der Waals surface area (Å²) < 4.78 is 9.66. The summed E-state index contributed by atoms with van der Waals surface area (Å²) in [6, 6.07) is 0.433. The molecule has 7 heteroatoms. The molecule has 2 aliphatic carbocycles. The van der Waals surface area contributed by atoms with Crippen LogP contribution in [0.3, 0.4) is 0 Å². The van der Waals surface area contributed by atoms with E-state index in [0.717, 1.165) is 18.5 Å². The Morgan fingerprint density at radius 2 is 2.32 bits per heavy atom. The molecule has 1 unspecified atom stereocenters. The maximum atomic E-state index is 11.0. The molecule has 104 valence electrons. The van der Waals surface area contributed by atoms with Gasteiger partial charge in [-0.15, -0.1) is 0 Å². The summed E-state index contributed by atoms with van der Waals surface area (Å²) in [5, 5.41) is 14.2. The molecule has 2 aliphatic rings. The molecular weight excluding hydrogens is 252 g/mol. The van der Waals surface area contributed by atoms with Crippen molar-refractivity contribution in [3.8, 4) is 0 Å². The van der Waals surface area contributed by atoms with Gasteiger partial charge in [0.2, 0.25) is 0 Å². The number of methoxy groups -OCH3 is 1. The lowest BCUT2D eigenvalue weighted by molar-refractivity contribution is -0.437. The Morgan fingerprint density at radius 3 is 2.89 bits per heavy atom. The molecule has 1 saturated carbocycles. The first-order valence-electron chi connectivity index (χ1n) is 6.11. The van der Waals surface area contributed by atoms with Crippen LogP contribution in [-0.2, 0) is 14.3 Å². The summed E-state index contributed by atoms with van der Waals surface area (Å²) in [5.74, 6) is -0.548. The van der Waals surface area contributed by atoms with Crippen molar-refractivity contribution in [2.45, 2.75) is 31.4 Å². The predicted molar refractivity (Wildman–Crippen MR) is 65.7 cm³/mol. The van der Waals surface area contributed by atoms with Crippen molar-refractivity contribution in [1.82, 2.24) is 5.32 Å². The van der Waals surface area contributed by atoms with Crippen LogP contribution >= 0.6 is 0 Å². The first kappa shape index (κ1) is 13.5. The van der Waals surface area contributed by atoms with Crippen LogP contribution in [0.5, 0.6) is 0 Å². The molecule has 1 atom stereocenters. The normalized spacial score (nSPS) is 22.3. The van der Waals surface area contributed by atoms with Crippen LogP contribution in [0.4, 0.5) is 0 Å². The van der Waals surface area contributed by atoms with E-state index in [-0.39, 0.29) is 12.3 Å². The maximum Gasteiger partial charge on any atom is 0.331 e. The molecule has 0 spiro atoms. The van der Waals surface area contributed by atoms with Crippen molar-refractivity contribution in [1.29, 1.82) is 0 Å². The SMILES string of the molecule is COC(=O)COC1CC=C(NC2CC2)C=C1[N+](=O)[O-]. The lowest BCUT2D eigenvalue weighted by atomic mass is 10.1. The van der Waals surface area contributed by atoms with Crippen molar-refractivity contribution in [3.63, 3.8) is 0 Å². The topological polar surface area (TPSA) is 90.7 Å². The van der Waals surface area contributed by atoms with Gasteiger partial charge in [-0.25, -0.2) is 4.79 Å². The van der Waals surface area contributed by atoms with Gasteiger partial charge >= 0.3 is 5.97 Å². The Labute approximate surface area is 110 Å². The number of allylic oxidation sites excluding steroid dienone is 1. The number of nitro groups is 1. The number of hydrogen-bond acceptors (Lipinski definition) is 6. The fourth-order valence-electron chi connectivity index (χ4n) is 1.78. The van der Waals surface area contributed by atoms with E-state index in [0.29, 0.717) is 12.5 Å². The Balaban J connectivity index is 1.97. The van der Waals surface area contributed by atoms with Gasteiger partial charge in [0.15, 0.2) is 6.10 Å². The van der Waals surface area contributed by atoms with Gasteiger partial charge in [-0.2, -0.15) is 0 Å². The Hall–Kier alpha value is -1.89. The van der Waals surface area contributed by atoms with Gasteiger partial charge in [0.05, 0.1) is 12.0 Å². The van der Waals surface area contributed by atoms with E-state index < -0.39 is 17.0 Å². The van der Waals surface area contributed by atoms with Gasteiger partial charge in [0.1, 0.15) is 6.61 Å². The molecule has 0 aromatic carbocycles. The monoisotopic (exact) mass is 268 g/mol. The lowest BCUT2D eigenvalue weighted by Gasteiger charge is -2.18. The van der Waals surface area contributed by atoms with Crippen LogP contribution < -0.4 is 5.32 Å². The number of nitrogens with one attached hydrogen (secondary N) is 1. The number of rotatable bonds is 6. The molecule has 0 radical (unpaired) electrons. The summed E-state index contributed by atoms with van der Waals surface area (Å²) in [4.78, 5) is 21.5. The van der Waals surface area contributed by atoms with Crippen molar-refractivity contribution in [2.24, 2.45) is 0 Å². The molecular formula is C12H16N2O5. The van der Waals surface area contributed by atoms with Crippen LogP contribution in [0.2, 0.25) is 0 Å². The van der Waals surface area contributed by atoms with Gasteiger partial charge in [-0.05, 0) is 12.8 Å². The average molecular weight is 268 g/mol. The van der Waals surface area contributed by atoms with Gasteiger partial charge in [-0.1, -0.05) is 6.08 Å². The molecule has 2 rings (SSSR count). The summed E-state index contributed by atoms with van der Waals surface area (Å²) in [6.45, 7) is -0.286. The summed E-state index contributed by atoms with van der Waals surface area (Å²) in [7, 11) is 1.24. The number of carbonyl (C=O) groups is 1. The smallest absolute Gasteiger partial charge is 0.331 e. The first-order chi connectivity index (χ1) is 9.10. The van der Waals surface area contributed by atoms with Crippen molar-refractivity contribution in [2.75, 3.05) is 13.7 Å². The van der Waals surface area contributed by atoms with Crippen molar-refractivity contribution in [3.05, 3.63) is 33.7 Å². The highest BCUT2D eigenvalue weighted by Crippen LogP contribution is 2.25. The molecule has 0 amide bonds. The third kappa shape index (κ3) is 3.78. The van der Waals surface area contributed by atoms with E-state index in [1.807, 2.05) is 6.08 Å². The lowest BCUT2D eigenvalue weighted by Crippen LogP contribution is -2.28. The first-order valence-corrected chi connectivity index (χ1v) is 6.11. The van der Waals surface area contributed by atoms with Crippen LogP contribution in [0.15, 0.2) is 23.5 Å². The van der Waals surface area contributed by atoms with E-state index in [1.165, 1.54) is 13.2 Å². The van der Waals surface area contributed by atoms with Crippen molar-refractivity contribution < 1.29 is 19.2 Å². The molecule has 1 fully saturated rings. The summed E-state index contributed by atoms with van der Waals surface area (Å²) in [5.41, 5.74) is 0.724. The minimum atomic E-state index is -0.709. The Bertz CT molecular complexity index is 439. The quantitative estimate of drug-likeness (QED) is 0.434. The highest BCUT2D eigenvalue weighted by Gasteiger charge is 2.30. The van der Waals surface area contributed by atoms with Crippen LogP contribution in [0.1, 0.15) is 19.3 Å². The Morgan fingerprint density at radius 1 is 1.58 bits per heavy atom. The van der Waals surface area contributed by atoms with Crippen LogP contribution in [-0.4, -0.2) is 36.8 Å². The number of hydrogen-bond donors (Lipinski definition) is 1. The molecule has 0 aliphatic heterocycles. The summed E-state index contributed by atoms with van der Waals surface area (Å²) in [6.07, 6.45) is 5.19. The van der Waals surface area contributed by atoms with E-state index in [2.05, 4.69) is 10.1 Å². The van der Waals surface area contributed by atoms with Gasteiger partial charge in [0.25, 0.3) is 5.70 Å². The fraction of sp³-hybridized carbons (Fsp3) is 0.583. The zero-order valence-corrected chi connectivity index (χ0v) is 10.6. The summed E-state index contributed by atoms with van der Waals surface area (Å²) >= 11 is 0. The zero-order valence-electron chi connectivity index (χ0n) is 10.6. The predicted octanol–water partition coefficient (Wildman–Crippen LogP) is 0.745. The van der Waals surface area contributed by atoms with Crippen molar-refractivity contribution >= 4 is 5.97 Å². The second-order valence-corrected chi connectivity index (χ2v) is 4.52. The van der Waals surface area contributed by atoms with E-state index >= 15 is 0 Å². The number of nitrogens with zero attached hydrogens (tertiary/aromatic N) is 1. The van der Waals surface area contributed by atoms with Crippen LogP contribution in [0, 0.1) is 10.1 Å². The fourth-order valence-corrected chi connectivity index (χ4v) is 1.78. The van der Waals surface area contributed by atoms with Gasteiger partial charge < -0.3 is 14.8 Å². The molecule has 19 heavy (non-hydrogen) atoms. The van der Waals surface area contributed by atoms with Gasteiger partial charge in [0, 0.05) is 24.2 Å². The number of carbonyl (C=O) groups excluding carboxylic acids is 1. The zero-order chi connectivity index (χ0) is 13.8. The molecule has 1 N–H and O–H groups in total. The number of ether oxygens (including phenoxy) is 2. The van der Waals surface area contributed by atoms with Crippen LogP contribution in [0.25, 0.3) is 0 Å². The molecule has 0 bridgehead atoms. The minimum absolute atomic E-state index is 0.0328. The van der Waals surface area contributed by atoms with Gasteiger partial charge in [-0.3, -0.25) is 10.1 Å². The maximum absolute atomic E-state index is 11.0. The standard InChI is InChI=1S/C12H16N2O5/c1-18-12(15)7-19-11-5-4-9(13-8-2-3-8)6-10(11)14(16)17/h4,6,8,11,13H,2-3,5,7H2,1H3. The van der Waals surface area contributed by atoms with E-state index in [1.54, 1.807) is 0 Å². The molecule has 0 aromatic heterocycles. The molecule has 0 saturated heterocycles. The minimum Gasteiger partial charge on any atom is -0.467 e. The second kappa shape index (κ2) is 5.83. The molecule has 7 nitrogen and oxygen atoms in total. The third-order valence-electron chi connectivity index (χ3n) is 2.97. The molecule has 0 heterocycles. The second-order valence-electron chi connectivity index (χ2n) is 4.52. The molecule has 0 aromatic rings. The van der Waals surface area contributed by atoms with E-state index in [9.17, 15) is 14.9 Å². The highest BCUT2D eigenvalue weighted by atomic mass is 16.6. The average Bonchev–Trinajstić information content (AvgIpc) is 3.20. The third-order valence-corrected chi connectivity index (χ3v) is 2.97.